The van der Waals surface area contributed by atoms with Crippen LogP contribution in [0.4, 0.5) is 0 Å². The molecule has 1 saturated heterocycles. The van der Waals surface area contributed by atoms with Gasteiger partial charge in [-0.1, -0.05) is 44.2 Å². The first-order chi connectivity index (χ1) is 9.60. The minimum atomic E-state index is -0.359. The van der Waals surface area contributed by atoms with E-state index < -0.39 is 0 Å². The molecule has 0 radical (unpaired) electrons. The van der Waals surface area contributed by atoms with Crippen molar-refractivity contribution in [1.82, 2.24) is 10.6 Å². The quantitative estimate of drug-likeness (QED) is 0.763. The SMILES string of the molecule is CC(C)C1(C(=O)NC(CO)c2ccccc2)CCNC1. The standard InChI is InChI=1S/C16H24N2O2/c1-12(2)16(8-9-17-11-16)15(20)18-14(10-19)13-6-4-3-5-7-13/h3-7,12,14,17,19H,8-11H2,1-2H3,(H,18,20). The number of benzene rings is 1. The number of hydrogen-bond acceptors (Lipinski definition) is 3. The highest BCUT2D eigenvalue weighted by molar-refractivity contribution is 5.84. The van der Waals surface area contributed by atoms with Gasteiger partial charge in [-0.05, 0) is 24.4 Å². The Balaban J connectivity index is 2.13. The van der Waals surface area contributed by atoms with E-state index in [9.17, 15) is 9.90 Å². The van der Waals surface area contributed by atoms with Crippen LogP contribution in [-0.4, -0.2) is 30.7 Å². The zero-order valence-corrected chi connectivity index (χ0v) is 12.2. The van der Waals surface area contributed by atoms with Gasteiger partial charge in [0.1, 0.15) is 0 Å². The number of aliphatic hydroxyl groups is 1. The molecule has 2 unspecified atom stereocenters. The Labute approximate surface area is 120 Å². The number of nitrogens with one attached hydrogen (secondary N) is 2. The van der Waals surface area contributed by atoms with Gasteiger partial charge in [0.25, 0.3) is 0 Å². The topological polar surface area (TPSA) is 61.4 Å². The summed E-state index contributed by atoms with van der Waals surface area (Å²) in [4.78, 5) is 12.7. The number of carbonyl (C=O) groups excluding carboxylic acids is 1. The molecule has 0 bridgehead atoms. The third-order valence-corrected chi connectivity index (χ3v) is 4.44. The second-order valence-corrected chi connectivity index (χ2v) is 5.86. The average Bonchev–Trinajstić information content (AvgIpc) is 2.96. The summed E-state index contributed by atoms with van der Waals surface area (Å²) in [5.41, 5.74) is 0.579. The molecule has 110 valence electrons. The summed E-state index contributed by atoms with van der Waals surface area (Å²) in [6.07, 6.45) is 0.851. The molecule has 1 aliphatic rings. The Morgan fingerprint density at radius 2 is 2.10 bits per heavy atom. The van der Waals surface area contributed by atoms with E-state index in [4.69, 9.17) is 0 Å². The van der Waals surface area contributed by atoms with Gasteiger partial charge in [-0.15, -0.1) is 0 Å². The van der Waals surface area contributed by atoms with Crippen LogP contribution in [0.1, 0.15) is 31.9 Å². The van der Waals surface area contributed by atoms with E-state index in [-0.39, 0.29) is 29.9 Å². The van der Waals surface area contributed by atoms with Crippen LogP contribution in [0.25, 0.3) is 0 Å². The van der Waals surface area contributed by atoms with E-state index >= 15 is 0 Å². The molecule has 4 heteroatoms. The first kappa shape index (κ1) is 15.0. The molecule has 1 aliphatic heterocycles. The number of amides is 1. The van der Waals surface area contributed by atoms with Gasteiger partial charge in [-0.25, -0.2) is 0 Å². The predicted octanol–water partition coefficient (Wildman–Crippen LogP) is 1.47. The van der Waals surface area contributed by atoms with Gasteiger partial charge in [0, 0.05) is 6.54 Å². The highest BCUT2D eigenvalue weighted by Gasteiger charge is 2.44. The summed E-state index contributed by atoms with van der Waals surface area (Å²) >= 11 is 0. The molecule has 1 amide bonds. The van der Waals surface area contributed by atoms with Gasteiger partial charge in [-0.3, -0.25) is 4.79 Å². The predicted molar refractivity (Wildman–Crippen MR) is 79.2 cm³/mol. The lowest BCUT2D eigenvalue weighted by atomic mass is 9.75. The lowest BCUT2D eigenvalue weighted by molar-refractivity contribution is -0.133. The minimum absolute atomic E-state index is 0.0420. The normalized spacial score (nSPS) is 23.8. The van der Waals surface area contributed by atoms with Crippen molar-refractivity contribution in [2.24, 2.45) is 11.3 Å². The fraction of sp³-hybridized carbons (Fsp3) is 0.562. The number of rotatable bonds is 5. The fourth-order valence-corrected chi connectivity index (χ4v) is 2.88. The molecule has 20 heavy (non-hydrogen) atoms. The van der Waals surface area contributed by atoms with E-state index in [0.717, 1.165) is 18.5 Å². The molecule has 1 aromatic rings. The molecular weight excluding hydrogens is 252 g/mol. The van der Waals surface area contributed by atoms with E-state index in [1.165, 1.54) is 0 Å². The van der Waals surface area contributed by atoms with Crippen LogP contribution in [0.3, 0.4) is 0 Å². The molecule has 1 aromatic carbocycles. The summed E-state index contributed by atoms with van der Waals surface area (Å²) in [6, 6.07) is 9.28. The molecule has 1 fully saturated rings. The fourth-order valence-electron chi connectivity index (χ4n) is 2.88. The first-order valence-electron chi connectivity index (χ1n) is 7.27. The number of hydrogen-bond donors (Lipinski definition) is 3. The minimum Gasteiger partial charge on any atom is -0.394 e. The summed E-state index contributed by atoms with van der Waals surface area (Å²) in [5.74, 6) is 0.313. The van der Waals surface area contributed by atoms with Crippen molar-refractivity contribution in [3.05, 3.63) is 35.9 Å². The molecule has 0 aliphatic carbocycles. The van der Waals surface area contributed by atoms with Gasteiger partial charge in [-0.2, -0.15) is 0 Å². The highest BCUT2D eigenvalue weighted by atomic mass is 16.3. The van der Waals surface area contributed by atoms with Crippen LogP contribution >= 0.6 is 0 Å². The second kappa shape index (κ2) is 6.37. The first-order valence-corrected chi connectivity index (χ1v) is 7.27. The maximum Gasteiger partial charge on any atom is 0.228 e. The molecule has 2 rings (SSSR count). The monoisotopic (exact) mass is 276 g/mol. The summed E-state index contributed by atoms with van der Waals surface area (Å²) in [5, 5.41) is 15.9. The maximum absolute atomic E-state index is 12.7. The van der Waals surface area contributed by atoms with Crippen molar-refractivity contribution in [2.45, 2.75) is 26.3 Å². The Hall–Kier alpha value is -1.39. The van der Waals surface area contributed by atoms with Gasteiger partial charge in [0.05, 0.1) is 18.1 Å². The largest absolute Gasteiger partial charge is 0.394 e. The maximum atomic E-state index is 12.7. The van der Waals surface area contributed by atoms with Gasteiger partial charge >= 0.3 is 0 Å². The lowest BCUT2D eigenvalue weighted by Gasteiger charge is -2.33. The summed E-state index contributed by atoms with van der Waals surface area (Å²) < 4.78 is 0. The highest BCUT2D eigenvalue weighted by Crippen LogP contribution is 2.35. The van der Waals surface area contributed by atoms with E-state index in [1.807, 2.05) is 30.3 Å². The third kappa shape index (κ3) is 2.86. The van der Waals surface area contributed by atoms with Gasteiger partial charge < -0.3 is 15.7 Å². The van der Waals surface area contributed by atoms with E-state index in [2.05, 4.69) is 24.5 Å². The van der Waals surface area contributed by atoms with Crippen LogP contribution in [0.5, 0.6) is 0 Å². The van der Waals surface area contributed by atoms with Crippen LogP contribution < -0.4 is 10.6 Å². The van der Waals surface area contributed by atoms with E-state index in [1.54, 1.807) is 0 Å². The van der Waals surface area contributed by atoms with Crippen molar-refractivity contribution >= 4 is 5.91 Å². The molecule has 1 heterocycles. The summed E-state index contributed by atoms with van der Waals surface area (Å²) in [6.45, 7) is 5.67. The lowest BCUT2D eigenvalue weighted by Crippen LogP contribution is -2.47. The molecule has 2 atom stereocenters. The van der Waals surface area contributed by atoms with Crippen molar-refractivity contribution in [3.63, 3.8) is 0 Å². The Bertz CT molecular complexity index is 439. The van der Waals surface area contributed by atoms with Crippen LogP contribution in [0.15, 0.2) is 30.3 Å². The third-order valence-electron chi connectivity index (χ3n) is 4.44. The zero-order chi connectivity index (χ0) is 14.6. The van der Waals surface area contributed by atoms with Crippen LogP contribution in [-0.2, 0) is 4.79 Å². The molecule has 0 saturated carbocycles. The van der Waals surface area contributed by atoms with Crippen molar-refractivity contribution in [3.8, 4) is 0 Å². The smallest absolute Gasteiger partial charge is 0.228 e. The Kier molecular flexibility index (Phi) is 4.78. The number of aliphatic hydroxyl groups excluding tert-OH is 1. The second-order valence-electron chi connectivity index (χ2n) is 5.86. The Morgan fingerprint density at radius 3 is 2.60 bits per heavy atom. The Morgan fingerprint density at radius 1 is 1.40 bits per heavy atom. The van der Waals surface area contributed by atoms with Gasteiger partial charge in [0.15, 0.2) is 0 Å². The average molecular weight is 276 g/mol. The molecule has 0 spiro atoms. The van der Waals surface area contributed by atoms with Crippen LogP contribution in [0.2, 0.25) is 0 Å². The van der Waals surface area contributed by atoms with Crippen molar-refractivity contribution in [2.75, 3.05) is 19.7 Å². The molecule has 3 N–H and O–H groups in total. The van der Waals surface area contributed by atoms with Crippen LogP contribution in [0, 0.1) is 11.3 Å². The van der Waals surface area contributed by atoms with Gasteiger partial charge in [0.2, 0.25) is 5.91 Å². The van der Waals surface area contributed by atoms with E-state index in [0.29, 0.717) is 6.54 Å². The molecule has 0 aromatic heterocycles. The molecular formula is C16H24N2O2. The van der Waals surface area contributed by atoms with Crippen molar-refractivity contribution in [1.29, 1.82) is 0 Å². The van der Waals surface area contributed by atoms with Crippen molar-refractivity contribution < 1.29 is 9.90 Å². The molecule has 4 nitrogen and oxygen atoms in total. The zero-order valence-electron chi connectivity index (χ0n) is 12.2. The number of carbonyl (C=O) groups is 1. The summed E-state index contributed by atoms with van der Waals surface area (Å²) in [7, 11) is 0.